The summed E-state index contributed by atoms with van der Waals surface area (Å²) in [6.07, 6.45) is -1.29. The molecule has 0 saturated heterocycles. The highest BCUT2D eigenvalue weighted by Gasteiger charge is 2.34. The van der Waals surface area contributed by atoms with Crippen molar-refractivity contribution in [3.05, 3.63) is 63.9 Å². The molecule has 0 fully saturated rings. The van der Waals surface area contributed by atoms with Crippen LogP contribution < -0.4 is 20.9 Å². The van der Waals surface area contributed by atoms with Crippen LogP contribution in [-0.4, -0.2) is 18.0 Å². The first-order valence-corrected chi connectivity index (χ1v) is 8.22. The van der Waals surface area contributed by atoms with E-state index in [2.05, 4.69) is 21.2 Å². The lowest BCUT2D eigenvalue weighted by Gasteiger charge is -2.21. The highest BCUT2D eigenvalue weighted by atomic mass is 32.1. The quantitative estimate of drug-likeness (QED) is 0.758. The molecule has 0 unspecified atom stereocenters. The van der Waals surface area contributed by atoms with Gasteiger partial charge in [-0.2, -0.15) is 13.2 Å². The van der Waals surface area contributed by atoms with Crippen molar-refractivity contribution in [3.63, 3.8) is 0 Å². The maximum absolute atomic E-state index is 12.9. The zero-order valence-corrected chi connectivity index (χ0v) is 14.2. The van der Waals surface area contributed by atoms with Gasteiger partial charge < -0.3 is 10.1 Å². The van der Waals surface area contributed by atoms with E-state index in [1.54, 1.807) is 23.0 Å². The SMILES string of the molecule is COc1cc(C2=CC=C(NC(=O)c3cscn3)NN2)ccc1C(F)(F)F. The van der Waals surface area contributed by atoms with Gasteiger partial charge in [-0.15, -0.1) is 11.3 Å². The maximum atomic E-state index is 12.9. The molecule has 26 heavy (non-hydrogen) atoms. The highest BCUT2D eigenvalue weighted by Crippen LogP contribution is 2.37. The third-order valence-corrected chi connectivity index (χ3v) is 4.07. The number of benzene rings is 1. The number of nitrogens with one attached hydrogen (secondary N) is 3. The Labute approximate surface area is 150 Å². The lowest BCUT2D eigenvalue weighted by Crippen LogP contribution is -2.40. The van der Waals surface area contributed by atoms with Gasteiger partial charge in [-0.3, -0.25) is 15.6 Å². The second-order valence-corrected chi connectivity index (χ2v) is 5.87. The number of nitrogens with zero attached hydrogens (tertiary/aromatic N) is 1. The van der Waals surface area contributed by atoms with E-state index in [-0.39, 0.29) is 11.7 Å². The van der Waals surface area contributed by atoms with Crippen molar-refractivity contribution in [2.45, 2.75) is 6.18 Å². The Kier molecular flexibility index (Phi) is 4.85. The van der Waals surface area contributed by atoms with Crippen LogP contribution in [0.1, 0.15) is 21.6 Å². The van der Waals surface area contributed by atoms with E-state index in [4.69, 9.17) is 4.74 Å². The Hall–Kier alpha value is -3.01. The van der Waals surface area contributed by atoms with E-state index in [0.29, 0.717) is 22.8 Å². The fourth-order valence-corrected chi connectivity index (χ4v) is 2.76. The van der Waals surface area contributed by atoms with Crippen molar-refractivity contribution >= 4 is 22.9 Å². The molecule has 6 nitrogen and oxygen atoms in total. The molecule has 0 bridgehead atoms. The summed E-state index contributed by atoms with van der Waals surface area (Å²) in [6, 6.07) is 3.58. The minimum Gasteiger partial charge on any atom is -0.496 e. The fraction of sp³-hybridized carbons (Fsp3) is 0.125. The fourth-order valence-electron chi connectivity index (χ4n) is 2.23. The Balaban J connectivity index is 1.78. The summed E-state index contributed by atoms with van der Waals surface area (Å²) in [5.74, 6) is -0.269. The predicted molar refractivity (Wildman–Crippen MR) is 89.9 cm³/mol. The summed E-state index contributed by atoms with van der Waals surface area (Å²) in [7, 11) is 1.18. The highest BCUT2D eigenvalue weighted by molar-refractivity contribution is 7.07. The van der Waals surface area contributed by atoms with Crippen molar-refractivity contribution in [2.75, 3.05) is 7.11 Å². The first kappa shape index (κ1) is 17.8. The molecule has 1 aromatic heterocycles. The number of amides is 1. The van der Waals surface area contributed by atoms with Crippen molar-refractivity contribution in [3.8, 4) is 5.75 Å². The largest absolute Gasteiger partial charge is 0.496 e. The molecule has 1 aliphatic heterocycles. The van der Waals surface area contributed by atoms with Gasteiger partial charge in [-0.25, -0.2) is 4.98 Å². The number of carbonyl (C=O) groups is 1. The van der Waals surface area contributed by atoms with Crippen LogP contribution in [0.15, 0.2) is 47.1 Å². The van der Waals surface area contributed by atoms with Crippen LogP contribution in [0, 0.1) is 0 Å². The van der Waals surface area contributed by atoms with Crippen LogP contribution in [0.2, 0.25) is 0 Å². The van der Waals surface area contributed by atoms with Gasteiger partial charge in [0.05, 0.1) is 23.9 Å². The topological polar surface area (TPSA) is 75.3 Å². The molecule has 1 aromatic carbocycles. The third kappa shape index (κ3) is 3.80. The standard InChI is InChI=1S/C16H13F3N4O2S/c1-25-13-6-9(2-3-10(13)16(17,18)19)11-4-5-14(23-22-11)21-15(24)12-7-26-8-20-12/h2-8,22-23H,1H3,(H,21,24). The van der Waals surface area contributed by atoms with Gasteiger partial charge in [0.15, 0.2) is 0 Å². The van der Waals surface area contributed by atoms with Gasteiger partial charge in [0.25, 0.3) is 5.91 Å². The lowest BCUT2D eigenvalue weighted by atomic mass is 10.1. The third-order valence-electron chi connectivity index (χ3n) is 3.48. The van der Waals surface area contributed by atoms with Gasteiger partial charge in [-0.1, -0.05) is 6.07 Å². The van der Waals surface area contributed by atoms with E-state index in [0.717, 1.165) is 6.07 Å². The van der Waals surface area contributed by atoms with Crippen LogP contribution >= 0.6 is 11.3 Å². The number of ether oxygens (including phenoxy) is 1. The molecule has 3 rings (SSSR count). The zero-order valence-electron chi connectivity index (χ0n) is 13.3. The number of aromatic nitrogens is 1. The predicted octanol–water partition coefficient (Wildman–Crippen LogP) is 2.89. The molecule has 0 saturated carbocycles. The molecule has 2 aromatic rings. The van der Waals surface area contributed by atoms with Gasteiger partial charge in [0.1, 0.15) is 17.3 Å². The number of alkyl halides is 3. The second-order valence-electron chi connectivity index (χ2n) is 5.15. The molecule has 136 valence electrons. The minimum atomic E-state index is -4.50. The maximum Gasteiger partial charge on any atom is 0.419 e. The van der Waals surface area contributed by atoms with Crippen LogP contribution in [0.4, 0.5) is 13.2 Å². The summed E-state index contributed by atoms with van der Waals surface area (Å²) in [5.41, 5.74) is 7.58. The number of halogens is 3. The molecule has 10 heteroatoms. The van der Waals surface area contributed by atoms with Gasteiger partial charge >= 0.3 is 6.18 Å². The minimum absolute atomic E-state index is 0.274. The molecule has 0 radical (unpaired) electrons. The number of hydrazine groups is 1. The van der Waals surface area contributed by atoms with Crippen LogP contribution in [0.25, 0.3) is 5.70 Å². The van der Waals surface area contributed by atoms with Gasteiger partial charge in [-0.05, 0) is 24.3 Å². The van der Waals surface area contributed by atoms with Crippen molar-refractivity contribution in [2.24, 2.45) is 0 Å². The Morgan fingerprint density at radius 1 is 1.27 bits per heavy atom. The zero-order chi connectivity index (χ0) is 18.7. The number of hydrogen-bond acceptors (Lipinski definition) is 6. The molecule has 3 N–H and O–H groups in total. The molecule has 0 spiro atoms. The monoisotopic (exact) mass is 382 g/mol. The average Bonchev–Trinajstić information content (AvgIpc) is 3.16. The summed E-state index contributed by atoms with van der Waals surface area (Å²) in [6.45, 7) is 0. The molecule has 0 atom stereocenters. The first-order chi connectivity index (χ1) is 12.4. The second kappa shape index (κ2) is 7.08. The molecular weight excluding hydrogens is 369 g/mol. The number of hydrogen-bond donors (Lipinski definition) is 3. The summed E-state index contributed by atoms with van der Waals surface area (Å²) >= 11 is 1.30. The molecule has 2 heterocycles. The van der Waals surface area contributed by atoms with Crippen molar-refractivity contribution in [1.82, 2.24) is 21.2 Å². The van der Waals surface area contributed by atoms with Crippen LogP contribution in [-0.2, 0) is 6.18 Å². The number of carbonyl (C=O) groups excluding carboxylic acids is 1. The molecule has 0 aliphatic carbocycles. The smallest absolute Gasteiger partial charge is 0.419 e. The lowest BCUT2D eigenvalue weighted by molar-refractivity contribution is -0.138. The van der Waals surface area contributed by atoms with E-state index in [9.17, 15) is 18.0 Å². The number of methoxy groups -OCH3 is 1. The van der Waals surface area contributed by atoms with E-state index in [1.807, 2.05) is 0 Å². The van der Waals surface area contributed by atoms with E-state index >= 15 is 0 Å². The Bertz CT molecular complexity index is 876. The normalized spacial score (nSPS) is 13.8. The number of thiazole rings is 1. The van der Waals surface area contributed by atoms with Gasteiger partial charge in [0, 0.05) is 10.9 Å². The van der Waals surface area contributed by atoms with E-state index in [1.165, 1.54) is 30.6 Å². The summed E-state index contributed by atoms with van der Waals surface area (Å²) < 4.78 is 43.6. The molecule has 1 amide bonds. The number of allylic oxidation sites excluding steroid dienone is 2. The summed E-state index contributed by atoms with van der Waals surface area (Å²) in [5, 5.41) is 4.23. The first-order valence-electron chi connectivity index (χ1n) is 7.27. The number of rotatable bonds is 4. The Morgan fingerprint density at radius 2 is 2.08 bits per heavy atom. The van der Waals surface area contributed by atoms with Crippen molar-refractivity contribution < 1.29 is 22.7 Å². The molecule has 1 aliphatic rings. The summed E-state index contributed by atoms with van der Waals surface area (Å²) in [4.78, 5) is 15.8. The van der Waals surface area contributed by atoms with Crippen molar-refractivity contribution in [1.29, 1.82) is 0 Å². The van der Waals surface area contributed by atoms with Gasteiger partial charge in [0.2, 0.25) is 0 Å². The van der Waals surface area contributed by atoms with E-state index < -0.39 is 11.7 Å². The average molecular weight is 382 g/mol. The van der Waals surface area contributed by atoms with Crippen LogP contribution in [0.5, 0.6) is 5.75 Å². The van der Waals surface area contributed by atoms with Crippen LogP contribution in [0.3, 0.4) is 0 Å². The molecular formula is C16H13F3N4O2S. The Morgan fingerprint density at radius 3 is 2.65 bits per heavy atom.